The van der Waals surface area contributed by atoms with Gasteiger partial charge < -0.3 is 10.2 Å². The summed E-state index contributed by atoms with van der Waals surface area (Å²) >= 11 is 4.95. The monoisotopic (exact) mass is 290 g/mol. The fraction of sp³-hybridized carbons (Fsp3) is 0.467. The van der Waals surface area contributed by atoms with E-state index in [1.54, 1.807) is 13.3 Å². The molecule has 2 N–H and O–H groups in total. The third kappa shape index (κ3) is 4.49. The van der Waals surface area contributed by atoms with Gasteiger partial charge in [0.05, 0.1) is 6.21 Å². The Morgan fingerprint density at radius 1 is 1.15 bits per heavy atom. The molecule has 0 saturated carbocycles. The lowest BCUT2D eigenvalue weighted by Crippen LogP contribution is -2.28. The average molecular weight is 290 g/mol. The van der Waals surface area contributed by atoms with Crippen molar-refractivity contribution in [2.75, 3.05) is 25.0 Å². The highest BCUT2D eigenvalue weighted by atomic mass is 32.1. The summed E-state index contributed by atoms with van der Waals surface area (Å²) < 4.78 is 0. The number of rotatable bonds is 3. The number of nitrogens with zero attached hydrogens (tertiary/aromatic N) is 2. The Hall–Kier alpha value is -1.62. The summed E-state index contributed by atoms with van der Waals surface area (Å²) in [5.41, 5.74) is 5.12. The summed E-state index contributed by atoms with van der Waals surface area (Å²) in [4.78, 5) is 2.47. The van der Waals surface area contributed by atoms with Gasteiger partial charge in [-0.15, -0.1) is 0 Å². The Balaban J connectivity index is 1.93. The van der Waals surface area contributed by atoms with Crippen LogP contribution < -0.4 is 15.6 Å². The SMILES string of the molecule is CNC(=S)N/N=C\c1ccc(N2CCCCCC2)cc1. The van der Waals surface area contributed by atoms with Crippen molar-refractivity contribution in [2.24, 2.45) is 5.10 Å². The molecule has 0 aliphatic carbocycles. The average Bonchev–Trinajstić information content (AvgIpc) is 2.77. The molecule has 1 aromatic rings. The summed E-state index contributed by atoms with van der Waals surface area (Å²) in [5.74, 6) is 0. The van der Waals surface area contributed by atoms with E-state index in [2.05, 4.69) is 45.0 Å². The summed E-state index contributed by atoms with van der Waals surface area (Å²) in [7, 11) is 1.76. The van der Waals surface area contributed by atoms with Crippen LogP contribution in [0.1, 0.15) is 31.2 Å². The van der Waals surface area contributed by atoms with Gasteiger partial charge in [0.25, 0.3) is 0 Å². The van der Waals surface area contributed by atoms with E-state index in [-0.39, 0.29) is 0 Å². The van der Waals surface area contributed by atoms with Crippen LogP contribution in [0.4, 0.5) is 5.69 Å². The maximum absolute atomic E-state index is 4.95. The number of anilines is 1. The summed E-state index contributed by atoms with van der Waals surface area (Å²) in [6, 6.07) is 8.52. The predicted octanol–water partition coefficient (Wildman–Crippen LogP) is 2.49. The molecule has 0 atom stereocenters. The van der Waals surface area contributed by atoms with Crippen LogP contribution in [0, 0.1) is 0 Å². The molecule has 4 nitrogen and oxygen atoms in total. The van der Waals surface area contributed by atoms with Crippen LogP contribution in [0.25, 0.3) is 0 Å². The zero-order valence-electron chi connectivity index (χ0n) is 11.9. The van der Waals surface area contributed by atoms with Gasteiger partial charge in [-0.05, 0) is 42.8 Å². The van der Waals surface area contributed by atoms with Gasteiger partial charge in [-0.25, -0.2) is 0 Å². The van der Waals surface area contributed by atoms with Crippen molar-refractivity contribution in [1.29, 1.82) is 0 Å². The van der Waals surface area contributed by atoms with Crippen molar-refractivity contribution in [3.63, 3.8) is 0 Å². The van der Waals surface area contributed by atoms with Gasteiger partial charge >= 0.3 is 0 Å². The second-order valence-corrected chi connectivity index (χ2v) is 5.35. The van der Waals surface area contributed by atoms with Gasteiger partial charge in [0.2, 0.25) is 0 Å². The second-order valence-electron chi connectivity index (χ2n) is 4.94. The molecule has 0 aromatic heterocycles. The topological polar surface area (TPSA) is 39.7 Å². The second kappa shape index (κ2) is 7.85. The van der Waals surface area contributed by atoms with Gasteiger partial charge in [-0.3, -0.25) is 5.43 Å². The summed E-state index contributed by atoms with van der Waals surface area (Å²) in [5, 5.41) is 7.40. The highest BCUT2D eigenvalue weighted by Crippen LogP contribution is 2.19. The van der Waals surface area contributed by atoms with Crippen molar-refractivity contribution in [1.82, 2.24) is 10.7 Å². The number of nitrogens with one attached hydrogen (secondary N) is 2. The van der Waals surface area contributed by atoms with Crippen molar-refractivity contribution < 1.29 is 0 Å². The standard InChI is InChI=1S/C15H22N4S/c1-16-15(20)18-17-12-13-6-8-14(9-7-13)19-10-4-2-3-5-11-19/h6-9,12H,2-5,10-11H2,1H3,(H2,16,18,20)/b17-12-. The number of hydrazone groups is 1. The van der Waals surface area contributed by atoms with E-state index in [1.807, 2.05) is 0 Å². The molecule has 2 rings (SSSR count). The number of benzene rings is 1. The normalized spacial score (nSPS) is 15.9. The maximum atomic E-state index is 4.95. The van der Waals surface area contributed by atoms with Crippen LogP contribution in [-0.4, -0.2) is 31.5 Å². The molecule has 1 heterocycles. The number of hydrogen-bond acceptors (Lipinski definition) is 3. The number of thiocarbonyl (C=S) groups is 1. The van der Waals surface area contributed by atoms with Gasteiger partial charge in [0.1, 0.15) is 0 Å². The molecule has 0 radical (unpaired) electrons. The lowest BCUT2D eigenvalue weighted by Gasteiger charge is -2.22. The first-order valence-corrected chi connectivity index (χ1v) is 7.56. The van der Waals surface area contributed by atoms with Crippen LogP contribution in [0.3, 0.4) is 0 Å². The lowest BCUT2D eigenvalue weighted by molar-refractivity contribution is 0.726. The molecular formula is C15H22N4S. The minimum absolute atomic E-state index is 0.516. The smallest absolute Gasteiger partial charge is 0.186 e. The van der Waals surface area contributed by atoms with Gasteiger partial charge in [0, 0.05) is 25.8 Å². The van der Waals surface area contributed by atoms with Crippen molar-refractivity contribution in [3.8, 4) is 0 Å². The zero-order valence-corrected chi connectivity index (χ0v) is 12.7. The van der Waals surface area contributed by atoms with E-state index in [1.165, 1.54) is 44.5 Å². The quantitative estimate of drug-likeness (QED) is 0.510. The fourth-order valence-electron chi connectivity index (χ4n) is 2.32. The Kier molecular flexibility index (Phi) is 5.80. The molecular weight excluding hydrogens is 268 g/mol. The van der Waals surface area contributed by atoms with E-state index in [9.17, 15) is 0 Å². The molecule has 20 heavy (non-hydrogen) atoms. The van der Waals surface area contributed by atoms with Crippen molar-refractivity contribution in [3.05, 3.63) is 29.8 Å². The minimum Gasteiger partial charge on any atom is -0.372 e. The van der Waals surface area contributed by atoms with Gasteiger partial charge in [-0.2, -0.15) is 5.10 Å². The van der Waals surface area contributed by atoms with Crippen LogP contribution >= 0.6 is 12.2 Å². The molecule has 0 amide bonds. The van der Waals surface area contributed by atoms with E-state index in [4.69, 9.17) is 12.2 Å². The summed E-state index contributed by atoms with van der Waals surface area (Å²) in [6.45, 7) is 2.34. The van der Waals surface area contributed by atoms with Crippen LogP contribution in [0.2, 0.25) is 0 Å². The van der Waals surface area contributed by atoms with E-state index in [0.717, 1.165) is 5.56 Å². The molecule has 0 bridgehead atoms. The van der Waals surface area contributed by atoms with Gasteiger partial charge in [0.15, 0.2) is 5.11 Å². The predicted molar refractivity (Wildman–Crippen MR) is 89.5 cm³/mol. The molecule has 0 spiro atoms. The van der Waals surface area contributed by atoms with Crippen molar-refractivity contribution >= 4 is 29.2 Å². The zero-order chi connectivity index (χ0) is 14.2. The van der Waals surface area contributed by atoms with Crippen molar-refractivity contribution in [2.45, 2.75) is 25.7 Å². The first-order chi connectivity index (χ1) is 9.79. The molecule has 1 aromatic carbocycles. The molecule has 5 heteroatoms. The molecule has 1 aliphatic rings. The molecule has 0 unspecified atom stereocenters. The first kappa shape index (κ1) is 14.8. The lowest BCUT2D eigenvalue weighted by atomic mass is 10.2. The van der Waals surface area contributed by atoms with Crippen LogP contribution in [0.15, 0.2) is 29.4 Å². The van der Waals surface area contributed by atoms with Crippen LogP contribution in [0.5, 0.6) is 0 Å². The largest absolute Gasteiger partial charge is 0.372 e. The maximum Gasteiger partial charge on any atom is 0.186 e. The third-order valence-electron chi connectivity index (χ3n) is 3.47. The fourth-order valence-corrected chi connectivity index (χ4v) is 2.37. The van der Waals surface area contributed by atoms with E-state index < -0.39 is 0 Å². The molecule has 1 aliphatic heterocycles. The Bertz CT molecular complexity index is 447. The Labute approximate surface area is 126 Å². The first-order valence-electron chi connectivity index (χ1n) is 7.15. The highest BCUT2D eigenvalue weighted by Gasteiger charge is 2.09. The third-order valence-corrected chi connectivity index (χ3v) is 3.77. The summed E-state index contributed by atoms with van der Waals surface area (Å²) in [6.07, 6.45) is 7.09. The molecule has 1 fully saturated rings. The number of hydrogen-bond donors (Lipinski definition) is 2. The molecule has 108 valence electrons. The highest BCUT2D eigenvalue weighted by molar-refractivity contribution is 7.80. The van der Waals surface area contributed by atoms with Gasteiger partial charge in [-0.1, -0.05) is 25.0 Å². The van der Waals surface area contributed by atoms with E-state index >= 15 is 0 Å². The Morgan fingerprint density at radius 2 is 1.80 bits per heavy atom. The minimum atomic E-state index is 0.516. The Morgan fingerprint density at radius 3 is 2.40 bits per heavy atom. The van der Waals surface area contributed by atoms with E-state index in [0.29, 0.717) is 5.11 Å². The van der Waals surface area contributed by atoms with Crippen LogP contribution in [-0.2, 0) is 0 Å². The molecule has 1 saturated heterocycles.